The van der Waals surface area contributed by atoms with Gasteiger partial charge in [0.25, 0.3) is 22.2 Å². The van der Waals surface area contributed by atoms with Gasteiger partial charge in [0.15, 0.2) is 76.1 Å². The Morgan fingerprint density at radius 3 is 1.11 bits per heavy atom. The van der Waals surface area contributed by atoms with E-state index in [0.717, 1.165) is 62.2 Å². The Morgan fingerprint density at radius 2 is 0.731 bits per heavy atom. The van der Waals surface area contributed by atoms with Gasteiger partial charge in [-0.25, -0.2) is 53.0 Å². The van der Waals surface area contributed by atoms with Crippen LogP contribution in [0.4, 0.5) is 23.7 Å². The number of fused-ring (bicyclic) bond motifs is 4. The van der Waals surface area contributed by atoms with Crippen molar-refractivity contribution in [3.63, 3.8) is 0 Å². The number of aliphatic hydroxyl groups excluding tert-OH is 7. The zero-order valence-corrected chi connectivity index (χ0v) is 57.5. The third-order valence-electron chi connectivity index (χ3n) is 17.3. The molecule has 5 aliphatic heterocycles. The number of aromatic amines is 4. The summed E-state index contributed by atoms with van der Waals surface area (Å²) in [5.41, 5.74) is 16.6. The number of ether oxygens (including phenoxy) is 5. The van der Waals surface area contributed by atoms with E-state index in [4.69, 9.17) is 82.8 Å². The van der Waals surface area contributed by atoms with Gasteiger partial charge in [-0.1, -0.05) is 0 Å². The lowest BCUT2D eigenvalue weighted by Gasteiger charge is -2.27. The van der Waals surface area contributed by atoms with Gasteiger partial charge in [0.05, 0.1) is 58.3 Å². The molecule has 24 atom stereocenters. The van der Waals surface area contributed by atoms with E-state index in [1.165, 1.54) is 0 Å². The number of nitrogen functional groups attached to an aromatic ring is 4. The van der Waals surface area contributed by atoms with E-state index in [2.05, 4.69) is 59.8 Å². The summed E-state index contributed by atoms with van der Waals surface area (Å²) in [6.07, 6.45) is -34.1. The second-order valence-electron chi connectivity index (χ2n) is 24.2. The number of nitrogens with two attached hydrogens (primary N) is 4. The number of phosphoric ester groups is 4. The van der Waals surface area contributed by atoms with Gasteiger partial charge in [0.1, 0.15) is 103 Å². The number of phosphoric acid groups is 4. The summed E-state index contributed by atoms with van der Waals surface area (Å²) in [5, 5.41) is 79.3. The minimum atomic E-state index is -5.89. The fraction of sp³-hybridized carbons (Fsp3) is 0.510. The molecule has 59 heteroatoms. The molecule has 0 amide bonds. The average molecular weight is 1610 g/mol. The highest BCUT2D eigenvalue weighted by Crippen LogP contribution is 2.56. The molecule has 0 saturated carbocycles. The minimum absolute atomic E-state index is 0.0877. The van der Waals surface area contributed by atoms with E-state index in [0.29, 0.717) is 4.57 Å². The maximum atomic E-state index is 14.4. The Balaban J connectivity index is 0.691. The lowest BCUT2D eigenvalue weighted by Crippen LogP contribution is -2.39. The Kier molecular flexibility index (Phi) is 20.5. The molecule has 0 bridgehead atoms. The van der Waals surface area contributed by atoms with Crippen molar-refractivity contribution >= 4 is 99.6 Å². The molecule has 108 heavy (non-hydrogen) atoms. The molecule has 5 aliphatic rings. The molecule has 55 nitrogen and oxygen atoms in total. The number of nitrogens with zero attached hydrogens (tertiary/aromatic N) is 14. The van der Waals surface area contributed by atoms with E-state index >= 15 is 0 Å². The number of H-pyrrole nitrogens is 4. The van der Waals surface area contributed by atoms with Crippen molar-refractivity contribution in [3.8, 4) is 0 Å². The fourth-order valence-corrected chi connectivity index (χ4v) is 16.3. The Morgan fingerprint density at radius 1 is 0.407 bits per heavy atom. The molecule has 0 aliphatic carbocycles. The lowest BCUT2D eigenvalue weighted by atomic mass is 10.1. The molecular formula is C49H60N22O33P4. The molecule has 9 aromatic heterocycles. The van der Waals surface area contributed by atoms with Gasteiger partial charge in [0, 0.05) is 12.3 Å². The van der Waals surface area contributed by atoms with E-state index < -0.39 is 221 Å². The summed E-state index contributed by atoms with van der Waals surface area (Å²) >= 11 is 0. The normalized spacial score (nSPS) is 31.8. The number of anilines is 4. The van der Waals surface area contributed by atoms with E-state index in [9.17, 15) is 97.6 Å². The second kappa shape index (κ2) is 29.0. The highest BCUT2D eigenvalue weighted by molar-refractivity contribution is 7.48. The van der Waals surface area contributed by atoms with Crippen LogP contribution in [-0.4, -0.2) is 268 Å². The third kappa shape index (κ3) is 14.7. The summed E-state index contributed by atoms with van der Waals surface area (Å²) in [6, 6.07) is 0.792. The molecule has 5 saturated heterocycles. The van der Waals surface area contributed by atoms with Gasteiger partial charge >= 0.3 is 37.0 Å². The highest BCUT2D eigenvalue weighted by Gasteiger charge is 2.57. The first kappa shape index (κ1) is 76.2. The van der Waals surface area contributed by atoms with Crippen LogP contribution in [0.25, 0.3) is 44.7 Å². The first-order chi connectivity index (χ1) is 51.1. The van der Waals surface area contributed by atoms with Crippen LogP contribution in [0.1, 0.15) is 31.1 Å². The van der Waals surface area contributed by atoms with Crippen LogP contribution >= 0.6 is 31.3 Å². The van der Waals surface area contributed by atoms with Crippen molar-refractivity contribution in [2.45, 2.75) is 123 Å². The van der Waals surface area contributed by atoms with Crippen LogP contribution in [0.2, 0.25) is 0 Å². The van der Waals surface area contributed by atoms with Gasteiger partial charge in [-0.2, -0.15) is 15.0 Å². The van der Waals surface area contributed by atoms with Crippen LogP contribution in [0.3, 0.4) is 0 Å². The van der Waals surface area contributed by atoms with Gasteiger partial charge in [0.2, 0.25) is 17.8 Å². The number of aliphatic hydroxyl groups is 7. The van der Waals surface area contributed by atoms with Crippen molar-refractivity contribution in [1.82, 2.24) is 87.6 Å². The number of aromatic nitrogens is 18. The monoisotopic (exact) mass is 1610 g/mol. The van der Waals surface area contributed by atoms with Gasteiger partial charge in [-0.15, -0.1) is 0 Å². The topological polar surface area (TPSA) is 804 Å². The first-order valence-electron chi connectivity index (χ1n) is 31.1. The SMILES string of the molecule is Nc1nc2c(ncn2[C@@H]2O[C@H](COP(=O)(O)O[C@H]3[C@@H](O)[C@H](n4cnc5c(=O)[nH]c(N)nc54)O[C@@H]3COP(=O)(O)O[C@H]3[C@@H](O)[C@H](n4cnc5c(N)ncnc54)O[C@@H]3COP(=O)(O)O[C@H]3[C@@H](O)[C@H](n4ccc(=O)[nH]c4=O)O[C@@H]3COP(=O)(O)O[C@H]3[C@@H](O)[C@H](n4cnc5c(=O)[nH]c(N)nc54)O[C@@H]3CO)[C@@H](O)[C@H]2O)c(=O)[nH]1. The molecule has 0 radical (unpaired) electrons. The smallest absolute Gasteiger partial charge is 0.394 e. The number of imidazole rings is 4. The first-order valence-corrected chi connectivity index (χ1v) is 37.1. The van der Waals surface area contributed by atoms with E-state index in [1.54, 1.807) is 0 Å². The van der Waals surface area contributed by atoms with Crippen LogP contribution in [0.5, 0.6) is 0 Å². The van der Waals surface area contributed by atoms with Gasteiger partial charge in [-0.05, 0) is 0 Å². The summed E-state index contributed by atoms with van der Waals surface area (Å²) < 4.78 is 133. The van der Waals surface area contributed by atoms with E-state index in [-0.39, 0.29) is 62.4 Å². The van der Waals surface area contributed by atoms with E-state index in [1.807, 2.05) is 4.98 Å². The zero-order valence-electron chi connectivity index (χ0n) is 53.9. The molecule has 14 rings (SSSR count). The molecule has 14 heterocycles. The van der Waals surface area contributed by atoms with Crippen LogP contribution < -0.4 is 50.9 Å². The molecule has 0 aromatic carbocycles. The van der Waals surface area contributed by atoms with Crippen LogP contribution in [0, 0.1) is 0 Å². The van der Waals surface area contributed by atoms with Gasteiger partial charge in [-0.3, -0.25) is 98.1 Å². The fourth-order valence-electron chi connectivity index (χ4n) is 12.4. The van der Waals surface area contributed by atoms with Crippen molar-refractivity contribution in [2.24, 2.45) is 0 Å². The minimum Gasteiger partial charge on any atom is -0.394 e. The number of hydrogen-bond donors (Lipinski definition) is 19. The summed E-state index contributed by atoms with van der Waals surface area (Å²) in [7, 11) is -23.1. The van der Waals surface area contributed by atoms with Crippen molar-refractivity contribution in [1.29, 1.82) is 0 Å². The van der Waals surface area contributed by atoms with Crippen molar-refractivity contribution < 1.29 is 133 Å². The van der Waals surface area contributed by atoms with Crippen LogP contribution in [-0.2, 0) is 78.1 Å². The molecule has 5 fully saturated rings. The Labute approximate surface area is 593 Å². The quantitative estimate of drug-likeness (QED) is 0.0224. The van der Waals surface area contributed by atoms with Crippen LogP contribution in [0.15, 0.2) is 67.9 Å². The lowest BCUT2D eigenvalue weighted by molar-refractivity contribution is -0.0648. The second-order valence-corrected chi connectivity index (χ2v) is 29.8. The molecular weight excluding hydrogens is 1550 g/mol. The molecule has 9 aromatic rings. The van der Waals surface area contributed by atoms with Gasteiger partial charge < -0.3 is 102 Å². The summed E-state index contributed by atoms with van der Waals surface area (Å²) in [4.78, 5) is 153. The standard InChI is InChI=1S/C49H60N22O33P4/c50-33-19-34(55-8-54-33)68(9-56-19)43-27(78)31(16(99-43)6-94-107(88,89)102-30-15(98-42(26(30)77)67-2-1-18(73)60-49(67)83)5-93-106(86,87)101-29-13(3-72)96-44(25(29)76)70-11-58-21-36(70)62-47(52)65-39(21)81)104-108(90,91)95-7-17-32(28(79)45(100-17)71-12-59-22-37(71)63-48(53)66-40(22)82)103-105(84,85)92-4-14-23(74)24(75)41(97-14)69-10-57-20-35(69)61-46(51)64-38(20)80/h1-2,8-17,23-32,41-45,72,74-79H,3-7H2,(H,84,85)(H,86,87)(H,88,89)(H,90,91)(H2,50,54,55)(H,60,73,83)(H3,51,61,64,80)(H3,52,62,65,81)(H3,53,63,66,82)/t13-,14-,15-,16-,17-,23-,24-,25-,26-,27-,28-,29-,30-,31-,32-,41-,42-,43-,44-,45-/m1/s1. The largest absolute Gasteiger partial charge is 0.472 e. The maximum absolute atomic E-state index is 14.4. The molecule has 584 valence electrons. The number of nitrogens with one attached hydrogen (secondary N) is 4. The molecule has 4 unspecified atom stereocenters. The zero-order chi connectivity index (χ0) is 77.1. The summed E-state index contributed by atoms with van der Waals surface area (Å²) in [5.74, 6) is -1.42. The molecule has 0 spiro atoms. The third-order valence-corrected chi connectivity index (χ3v) is 21.3. The Bertz CT molecular complexity index is 5440. The predicted molar refractivity (Wildman–Crippen MR) is 344 cm³/mol. The molecule has 23 N–H and O–H groups in total. The highest BCUT2D eigenvalue weighted by atomic mass is 31.2. The number of rotatable bonds is 26. The number of hydrogen-bond acceptors (Lipinski definition) is 42. The van der Waals surface area contributed by atoms with Crippen molar-refractivity contribution in [2.75, 3.05) is 56.0 Å². The summed E-state index contributed by atoms with van der Waals surface area (Å²) in [6.45, 7) is -6.10. The average Bonchev–Trinajstić information content (AvgIpc) is 1.63. The Hall–Kier alpha value is -8.56. The maximum Gasteiger partial charge on any atom is 0.472 e. The predicted octanol–water partition coefficient (Wildman–Crippen LogP) is -8.24. The van der Waals surface area contributed by atoms with Crippen molar-refractivity contribution in [3.05, 3.63) is 95.8 Å².